The molecule has 7 heteroatoms. The Kier molecular flexibility index (Phi) is 6.09. The molecular weight excluding hydrogens is 372 g/mol. The van der Waals surface area contributed by atoms with Crippen molar-refractivity contribution in [1.29, 1.82) is 0 Å². The summed E-state index contributed by atoms with van der Waals surface area (Å²) in [5, 5.41) is 5.94. The number of nitrogens with zero attached hydrogens (tertiary/aromatic N) is 1. The van der Waals surface area contributed by atoms with Crippen LogP contribution < -0.4 is 14.8 Å². The lowest BCUT2D eigenvalue weighted by Crippen LogP contribution is -2.14. The fourth-order valence-electron chi connectivity index (χ4n) is 2.27. The Hall–Kier alpha value is -2.57. The molecule has 1 N–H and O–H groups in total. The Bertz CT molecular complexity index is 884. The van der Waals surface area contributed by atoms with Gasteiger partial charge in [0.1, 0.15) is 23.1 Å². The third-order valence-corrected chi connectivity index (χ3v) is 4.65. The number of halogens is 1. The molecule has 1 amide bonds. The summed E-state index contributed by atoms with van der Waals surface area (Å²) in [7, 11) is 1.54. The molecule has 0 unspecified atom stereocenters. The largest absolute Gasteiger partial charge is 0.495 e. The van der Waals surface area contributed by atoms with Crippen molar-refractivity contribution < 1.29 is 14.3 Å². The van der Waals surface area contributed by atoms with Gasteiger partial charge in [-0.05, 0) is 30.3 Å². The highest BCUT2D eigenvalue weighted by Gasteiger charge is 2.10. The van der Waals surface area contributed by atoms with E-state index in [0.717, 1.165) is 10.8 Å². The highest BCUT2D eigenvalue weighted by Crippen LogP contribution is 2.27. The predicted octanol–water partition coefficient (Wildman–Crippen LogP) is 4.57. The Balaban J connectivity index is 1.53. The molecule has 1 heterocycles. The number of thiazole rings is 1. The number of para-hydroxylation sites is 1. The molecule has 0 aliphatic carbocycles. The Morgan fingerprint density at radius 2 is 2.04 bits per heavy atom. The highest BCUT2D eigenvalue weighted by molar-refractivity contribution is 7.09. The zero-order chi connectivity index (χ0) is 18.4. The SMILES string of the molecule is COc1ccc(NC(=O)Cc2csc(COc3ccccc3)n2)cc1Cl. The molecule has 0 radical (unpaired) electrons. The molecule has 0 spiro atoms. The fourth-order valence-corrected chi connectivity index (χ4v) is 3.23. The summed E-state index contributed by atoms with van der Waals surface area (Å²) < 4.78 is 10.8. The van der Waals surface area contributed by atoms with Crippen molar-refractivity contribution in [1.82, 2.24) is 4.98 Å². The number of hydrogen-bond acceptors (Lipinski definition) is 5. The fraction of sp³-hybridized carbons (Fsp3) is 0.158. The number of rotatable bonds is 7. The summed E-state index contributed by atoms with van der Waals surface area (Å²) in [5.74, 6) is 1.19. The average molecular weight is 389 g/mol. The lowest BCUT2D eigenvalue weighted by atomic mass is 10.2. The molecule has 0 fully saturated rings. The van der Waals surface area contributed by atoms with Gasteiger partial charge in [-0.25, -0.2) is 4.98 Å². The monoisotopic (exact) mass is 388 g/mol. The van der Waals surface area contributed by atoms with Crippen LogP contribution in [0, 0.1) is 0 Å². The molecule has 1 aromatic heterocycles. The smallest absolute Gasteiger partial charge is 0.230 e. The zero-order valence-electron chi connectivity index (χ0n) is 14.1. The standard InChI is InChI=1S/C19H17ClN2O3S/c1-24-17-8-7-13(9-16(17)20)21-18(23)10-14-12-26-19(22-14)11-25-15-5-3-2-4-6-15/h2-9,12H,10-11H2,1H3,(H,21,23). The van der Waals surface area contributed by atoms with Crippen LogP contribution >= 0.6 is 22.9 Å². The molecule has 0 saturated heterocycles. The van der Waals surface area contributed by atoms with Gasteiger partial charge in [-0.15, -0.1) is 11.3 Å². The molecule has 0 aliphatic rings. The number of carbonyl (C=O) groups is 1. The lowest BCUT2D eigenvalue weighted by molar-refractivity contribution is -0.115. The van der Waals surface area contributed by atoms with Gasteiger partial charge in [0.05, 0.1) is 24.2 Å². The van der Waals surface area contributed by atoms with Crippen molar-refractivity contribution in [2.24, 2.45) is 0 Å². The second kappa shape index (κ2) is 8.69. The maximum atomic E-state index is 12.2. The van der Waals surface area contributed by atoms with E-state index in [1.165, 1.54) is 11.3 Å². The van der Waals surface area contributed by atoms with Crippen LogP contribution in [-0.2, 0) is 17.8 Å². The topological polar surface area (TPSA) is 60.5 Å². The maximum Gasteiger partial charge on any atom is 0.230 e. The van der Waals surface area contributed by atoms with Gasteiger partial charge in [-0.3, -0.25) is 4.79 Å². The van der Waals surface area contributed by atoms with E-state index in [9.17, 15) is 4.79 Å². The minimum absolute atomic E-state index is 0.160. The van der Waals surface area contributed by atoms with E-state index in [-0.39, 0.29) is 12.3 Å². The van der Waals surface area contributed by atoms with Gasteiger partial charge in [-0.1, -0.05) is 29.8 Å². The summed E-state index contributed by atoms with van der Waals surface area (Å²) in [5.41, 5.74) is 1.32. The number of anilines is 1. The first-order valence-electron chi connectivity index (χ1n) is 7.88. The van der Waals surface area contributed by atoms with E-state index in [4.69, 9.17) is 21.1 Å². The third-order valence-electron chi connectivity index (χ3n) is 3.48. The van der Waals surface area contributed by atoms with E-state index < -0.39 is 0 Å². The number of hydrogen-bond donors (Lipinski definition) is 1. The Morgan fingerprint density at radius 1 is 1.23 bits per heavy atom. The second-order valence-corrected chi connectivity index (χ2v) is 6.76. The molecule has 2 aromatic carbocycles. The quantitative estimate of drug-likeness (QED) is 0.644. The highest BCUT2D eigenvalue weighted by atomic mass is 35.5. The minimum atomic E-state index is -0.160. The van der Waals surface area contributed by atoms with Crippen molar-refractivity contribution in [3.8, 4) is 11.5 Å². The van der Waals surface area contributed by atoms with Crippen LogP contribution in [0.4, 0.5) is 5.69 Å². The number of ether oxygens (including phenoxy) is 2. The number of nitrogens with one attached hydrogen (secondary N) is 1. The van der Waals surface area contributed by atoms with E-state index >= 15 is 0 Å². The summed E-state index contributed by atoms with van der Waals surface area (Å²) in [6.07, 6.45) is 0.186. The molecule has 0 atom stereocenters. The van der Waals surface area contributed by atoms with E-state index in [1.54, 1.807) is 25.3 Å². The van der Waals surface area contributed by atoms with Crippen LogP contribution in [0.1, 0.15) is 10.7 Å². The van der Waals surface area contributed by atoms with Crippen LogP contribution in [0.5, 0.6) is 11.5 Å². The molecular formula is C19H17ClN2O3S. The average Bonchev–Trinajstić information content (AvgIpc) is 3.08. The van der Waals surface area contributed by atoms with Gasteiger partial charge >= 0.3 is 0 Å². The molecule has 0 saturated carbocycles. The van der Waals surface area contributed by atoms with Crippen molar-refractivity contribution in [3.63, 3.8) is 0 Å². The first kappa shape index (κ1) is 18.2. The Labute approximate surface area is 160 Å². The van der Waals surface area contributed by atoms with Crippen molar-refractivity contribution >= 4 is 34.5 Å². The molecule has 134 valence electrons. The summed E-state index contributed by atoms with van der Waals surface area (Å²) >= 11 is 7.53. The van der Waals surface area contributed by atoms with Crippen molar-refractivity contribution in [2.45, 2.75) is 13.0 Å². The number of amides is 1. The molecule has 5 nitrogen and oxygen atoms in total. The van der Waals surface area contributed by atoms with Gasteiger partial charge in [-0.2, -0.15) is 0 Å². The second-order valence-electron chi connectivity index (χ2n) is 5.41. The van der Waals surface area contributed by atoms with Gasteiger partial charge in [0.2, 0.25) is 5.91 Å². The van der Waals surface area contributed by atoms with Crippen LogP contribution in [-0.4, -0.2) is 18.0 Å². The molecule has 3 rings (SSSR count). The van der Waals surface area contributed by atoms with Gasteiger partial charge in [0.25, 0.3) is 0 Å². The predicted molar refractivity (Wildman–Crippen MR) is 103 cm³/mol. The summed E-state index contributed by atoms with van der Waals surface area (Å²) in [6, 6.07) is 14.6. The first-order valence-corrected chi connectivity index (χ1v) is 9.14. The van der Waals surface area contributed by atoms with Gasteiger partial charge < -0.3 is 14.8 Å². The Morgan fingerprint density at radius 3 is 2.77 bits per heavy atom. The minimum Gasteiger partial charge on any atom is -0.495 e. The molecule has 0 aliphatic heterocycles. The van der Waals surface area contributed by atoms with Crippen molar-refractivity contribution in [2.75, 3.05) is 12.4 Å². The lowest BCUT2D eigenvalue weighted by Gasteiger charge is -2.07. The van der Waals surface area contributed by atoms with Crippen molar-refractivity contribution in [3.05, 3.63) is 69.6 Å². The van der Waals surface area contributed by atoms with E-state index in [1.807, 2.05) is 35.7 Å². The first-order chi connectivity index (χ1) is 12.6. The van der Waals surface area contributed by atoms with Crippen LogP contribution in [0.15, 0.2) is 53.9 Å². The molecule has 3 aromatic rings. The summed E-state index contributed by atoms with van der Waals surface area (Å²) in [4.78, 5) is 16.6. The zero-order valence-corrected chi connectivity index (χ0v) is 15.6. The maximum absolute atomic E-state index is 12.2. The van der Waals surface area contributed by atoms with Crippen LogP contribution in [0.2, 0.25) is 5.02 Å². The van der Waals surface area contributed by atoms with E-state index in [2.05, 4.69) is 10.3 Å². The van der Waals surface area contributed by atoms with Crippen LogP contribution in [0.3, 0.4) is 0 Å². The van der Waals surface area contributed by atoms with Gasteiger partial charge in [0, 0.05) is 11.1 Å². The summed E-state index contributed by atoms with van der Waals surface area (Å²) in [6.45, 7) is 0.379. The number of methoxy groups -OCH3 is 1. The third kappa shape index (κ3) is 4.97. The van der Waals surface area contributed by atoms with E-state index in [0.29, 0.717) is 28.8 Å². The number of aromatic nitrogens is 1. The van der Waals surface area contributed by atoms with Gasteiger partial charge in [0.15, 0.2) is 0 Å². The van der Waals surface area contributed by atoms with Crippen LogP contribution in [0.25, 0.3) is 0 Å². The number of benzene rings is 2. The molecule has 0 bridgehead atoms. The molecule has 26 heavy (non-hydrogen) atoms. The normalized spacial score (nSPS) is 10.4. The number of carbonyl (C=O) groups excluding carboxylic acids is 1.